The van der Waals surface area contributed by atoms with E-state index in [0.29, 0.717) is 11.3 Å². The summed E-state index contributed by atoms with van der Waals surface area (Å²) in [6.45, 7) is 1.36. The Kier molecular flexibility index (Phi) is 4.22. The predicted molar refractivity (Wildman–Crippen MR) is 58.5 cm³/mol. The lowest BCUT2D eigenvalue weighted by Gasteiger charge is -2.12. The van der Waals surface area contributed by atoms with Gasteiger partial charge >= 0.3 is 5.97 Å². The minimum Gasteiger partial charge on any atom is -0.480 e. The third-order valence-corrected chi connectivity index (χ3v) is 2.28. The smallest absolute Gasteiger partial charge is 0.326 e. The number of aryl methyl sites for hydroxylation is 2. The number of aliphatic carboxylic acids is 1. The Labute approximate surface area is 98.1 Å². The van der Waals surface area contributed by atoms with Gasteiger partial charge in [-0.25, -0.2) is 4.79 Å². The molecule has 0 unspecified atom stereocenters. The topological polar surface area (TPSA) is 104 Å². The van der Waals surface area contributed by atoms with E-state index in [9.17, 15) is 9.59 Å². The Morgan fingerprint density at radius 3 is 2.65 bits per heavy atom. The van der Waals surface area contributed by atoms with E-state index in [-0.39, 0.29) is 13.0 Å². The van der Waals surface area contributed by atoms with Gasteiger partial charge in [0.2, 0.25) is 0 Å². The van der Waals surface area contributed by atoms with Crippen LogP contribution in [0, 0.1) is 6.92 Å². The maximum atomic E-state index is 11.8. The molecule has 0 aliphatic heterocycles. The second-order valence-electron chi connectivity index (χ2n) is 3.68. The summed E-state index contributed by atoms with van der Waals surface area (Å²) in [7, 11) is 1.67. The number of carboxylic acid groups (broad SMARTS) is 1. The van der Waals surface area contributed by atoms with Crippen molar-refractivity contribution in [3.05, 3.63) is 17.5 Å². The van der Waals surface area contributed by atoms with E-state index in [1.165, 1.54) is 10.9 Å². The van der Waals surface area contributed by atoms with Crippen LogP contribution in [0.15, 0.2) is 6.20 Å². The van der Waals surface area contributed by atoms with Crippen LogP contribution in [0.4, 0.5) is 0 Å². The Morgan fingerprint density at radius 2 is 2.24 bits per heavy atom. The summed E-state index contributed by atoms with van der Waals surface area (Å²) in [5.41, 5.74) is 0.856. The molecule has 17 heavy (non-hydrogen) atoms. The van der Waals surface area contributed by atoms with Crippen molar-refractivity contribution in [2.75, 3.05) is 6.61 Å². The molecule has 0 bridgehead atoms. The molecule has 7 heteroatoms. The van der Waals surface area contributed by atoms with Gasteiger partial charge in [-0.1, -0.05) is 0 Å². The van der Waals surface area contributed by atoms with Gasteiger partial charge in [-0.2, -0.15) is 5.10 Å². The first-order chi connectivity index (χ1) is 7.95. The minimum absolute atomic E-state index is 0.0274. The fourth-order valence-electron chi connectivity index (χ4n) is 1.44. The third-order valence-electron chi connectivity index (χ3n) is 2.28. The van der Waals surface area contributed by atoms with Crippen molar-refractivity contribution in [1.29, 1.82) is 0 Å². The predicted octanol–water partition coefficient (Wildman–Crippen LogP) is -0.706. The summed E-state index contributed by atoms with van der Waals surface area (Å²) >= 11 is 0. The monoisotopic (exact) mass is 241 g/mol. The zero-order chi connectivity index (χ0) is 13.0. The maximum absolute atomic E-state index is 11.8. The zero-order valence-electron chi connectivity index (χ0n) is 9.67. The van der Waals surface area contributed by atoms with Crippen molar-refractivity contribution in [3.8, 4) is 0 Å². The van der Waals surface area contributed by atoms with Crippen molar-refractivity contribution in [1.82, 2.24) is 15.1 Å². The van der Waals surface area contributed by atoms with E-state index in [1.54, 1.807) is 14.0 Å². The number of hydrogen-bond acceptors (Lipinski definition) is 4. The first-order valence-corrected chi connectivity index (χ1v) is 5.10. The first kappa shape index (κ1) is 13.2. The average molecular weight is 241 g/mol. The van der Waals surface area contributed by atoms with Crippen molar-refractivity contribution in [2.45, 2.75) is 19.4 Å². The van der Waals surface area contributed by atoms with Crippen LogP contribution >= 0.6 is 0 Å². The zero-order valence-corrected chi connectivity index (χ0v) is 9.67. The van der Waals surface area contributed by atoms with Crippen molar-refractivity contribution < 1.29 is 19.8 Å². The number of hydrogen-bond donors (Lipinski definition) is 3. The Bertz CT molecular complexity index is 427. The van der Waals surface area contributed by atoms with Gasteiger partial charge in [0.15, 0.2) is 0 Å². The number of nitrogens with zero attached hydrogens (tertiary/aromatic N) is 2. The fraction of sp³-hybridized carbons (Fsp3) is 0.500. The number of carbonyl (C=O) groups is 2. The molecule has 0 aromatic carbocycles. The van der Waals surface area contributed by atoms with Crippen LogP contribution in [0.5, 0.6) is 0 Å². The number of rotatable bonds is 5. The molecule has 7 nitrogen and oxygen atoms in total. The first-order valence-electron chi connectivity index (χ1n) is 5.10. The fourth-order valence-corrected chi connectivity index (χ4v) is 1.44. The van der Waals surface area contributed by atoms with Gasteiger partial charge in [-0.15, -0.1) is 0 Å². The van der Waals surface area contributed by atoms with Gasteiger partial charge in [0.25, 0.3) is 5.91 Å². The Morgan fingerprint density at radius 1 is 1.59 bits per heavy atom. The largest absolute Gasteiger partial charge is 0.480 e. The quantitative estimate of drug-likeness (QED) is 0.632. The standard InChI is InChI=1S/C10H15N3O4/c1-6-7(5-13(2)12-6)9(15)11-8(3-4-14)10(16)17/h5,8,14H,3-4H2,1-2H3,(H,11,15)(H,16,17)/t8-/m0/s1. The average Bonchev–Trinajstić information content (AvgIpc) is 2.57. The summed E-state index contributed by atoms with van der Waals surface area (Å²) in [5.74, 6) is -1.68. The molecule has 1 aromatic rings. The van der Waals surface area contributed by atoms with Gasteiger partial charge in [0.1, 0.15) is 6.04 Å². The Balaban J connectivity index is 2.77. The molecule has 0 saturated heterocycles. The molecule has 0 fully saturated rings. The molecule has 94 valence electrons. The van der Waals surface area contributed by atoms with Crippen molar-refractivity contribution in [2.24, 2.45) is 7.05 Å². The SMILES string of the molecule is Cc1nn(C)cc1C(=O)N[C@@H](CCO)C(=O)O. The Hall–Kier alpha value is -1.89. The van der Waals surface area contributed by atoms with E-state index < -0.39 is 17.9 Å². The number of carboxylic acids is 1. The highest BCUT2D eigenvalue weighted by Crippen LogP contribution is 2.05. The van der Waals surface area contributed by atoms with Gasteiger partial charge in [-0.3, -0.25) is 9.48 Å². The molecule has 1 aromatic heterocycles. The summed E-state index contributed by atoms with van der Waals surface area (Å²) < 4.78 is 1.48. The molecule has 0 spiro atoms. The van der Waals surface area contributed by atoms with Gasteiger partial charge in [0.05, 0.1) is 11.3 Å². The van der Waals surface area contributed by atoms with Crippen molar-refractivity contribution >= 4 is 11.9 Å². The van der Waals surface area contributed by atoms with E-state index in [1.807, 2.05) is 0 Å². The number of aliphatic hydroxyl groups is 1. The molecule has 3 N–H and O–H groups in total. The van der Waals surface area contributed by atoms with Crippen molar-refractivity contribution in [3.63, 3.8) is 0 Å². The third kappa shape index (κ3) is 3.28. The second kappa shape index (κ2) is 5.44. The highest BCUT2D eigenvalue weighted by atomic mass is 16.4. The lowest BCUT2D eigenvalue weighted by Crippen LogP contribution is -2.41. The molecule has 0 aliphatic carbocycles. The number of aromatic nitrogens is 2. The van der Waals surface area contributed by atoms with Crippen LogP contribution in [0.25, 0.3) is 0 Å². The maximum Gasteiger partial charge on any atom is 0.326 e. The molecule has 1 amide bonds. The highest BCUT2D eigenvalue weighted by Gasteiger charge is 2.21. The molecule has 1 atom stereocenters. The van der Waals surface area contributed by atoms with Gasteiger partial charge < -0.3 is 15.5 Å². The highest BCUT2D eigenvalue weighted by molar-refractivity contribution is 5.97. The summed E-state index contributed by atoms with van der Waals surface area (Å²) in [5, 5.41) is 23.8. The number of aliphatic hydroxyl groups excluding tert-OH is 1. The lowest BCUT2D eigenvalue weighted by molar-refractivity contribution is -0.139. The van der Waals surface area contributed by atoms with E-state index in [2.05, 4.69) is 10.4 Å². The van der Waals surface area contributed by atoms with E-state index in [4.69, 9.17) is 10.2 Å². The lowest BCUT2D eigenvalue weighted by atomic mass is 10.2. The van der Waals surface area contributed by atoms with Crippen LogP contribution in [0.3, 0.4) is 0 Å². The molecule has 1 heterocycles. The second-order valence-corrected chi connectivity index (χ2v) is 3.68. The molecular weight excluding hydrogens is 226 g/mol. The summed E-state index contributed by atoms with van der Waals surface area (Å²) in [4.78, 5) is 22.6. The molecule has 0 saturated carbocycles. The summed E-state index contributed by atoms with van der Waals surface area (Å²) in [6, 6.07) is -1.09. The molecule has 1 rings (SSSR count). The van der Waals surface area contributed by atoms with E-state index >= 15 is 0 Å². The molecule has 0 aliphatic rings. The summed E-state index contributed by atoms with van der Waals surface area (Å²) in [6.07, 6.45) is 1.49. The molecular formula is C10H15N3O4. The van der Waals surface area contributed by atoms with Gasteiger partial charge in [-0.05, 0) is 6.92 Å². The van der Waals surface area contributed by atoms with Crippen LogP contribution in [0.2, 0.25) is 0 Å². The van der Waals surface area contributed by atoms with Crippen LogP contribution in [-0.4, -0.2) is 44.5 Å². The van der Waals surface area contributed by atoms with E-state index in [0.717, 1.165) is 0 Å². The van der Waals surface area contributed by atoms with Crippen LogP contribution in [0.1, 0.15) is 22.5 Å². The number of nitrogens with one attached hydrogen (secondary N) is 1. The normalized spacial score (nSPS) is 12.2. The van der Waals surface area contributed by atoms with Crippen LogP contribution < -0.4 is 5.32 Å². The van der Waals surface area contributed by atoms with Gasteiger partial charge in [0, 0.05) is 26.3 Å². The number of carbonyl (C=O) groups excluding carboxylic acids is 1. The number of amides is 1. The minimum atomic E-state index is -1.17. The molecule has 0 radical (unpaired) electrons. The van der Waals surface area contributed by atoms with Crippen LogP contribution in [-0.2, 0) is 11.8 Å².